The van der Waals surface area contributed by atoms with Gasteiger partial charge in [0.25, 0.3) is 0 Å². The molecule has 2 N–H and O–H groups in total. The lowest BCUT2D eigenvalue weighted by molar-refractivity contribution is -0.121. The molecule has 0 aromatic heterocycles. The molecule has 0 spiro atoms. The summed E-state index contributed by atoms with van der Waals surface area (Å²) in [5, 5.41) is 5.76. The summed E-state index contributed by atoms with van der Waals surface area (Å²) in [6.45, 7) is 7.88. The van der Waals surface area contributed by atoms with E-state index in [0.717, 1.165) is 23.2 Å². The summed E-state index contributed by atoms with van der Waals surface area (Å²) in [6.07, 6.45) is 1.38. The number of rotatable bonds is 7. The minimum atomic E-state index is -0.108. The monoisotopic (exact) mass is 352 g/mol. The van der Waals surface area contributed by atoms with Crippen LogP contribution in [0.25, 0.3) is 0 Å². The molecule has 0 aliphatic heterocycles. The molecule has 4 heteroatoms. The molecule has 0 saturated heterocycles. The first-order valence-electron chi connectivity index (χ1n) is 9.08. The molecule has 0 unspecified atom stereocenters. The van der Waals surface area contributed by atoms with Crippen LogP contribution in [0.4, 0.5) is 5.69 Å². The molecule has 4 nitrogen and oxygen atoms in total. The first kappa shape index (κ1) is 19.7. The first-order valence-corrected chi connectivity index (χ1v) is 9.08. The smallest absolute Gasteiger partial charge is 0.224 e. The van der Waals surface area contributed by atoms with E-state index >= 15 is 0 Å². The SMILES string of the molecule is CC(=O)Nc1ccc(CC(=O)N[C@H](C)c2ccc(CC(C)C)cc2)cc1. The Balaban J connectivity index is 1.89. The van der Waals surface area contributed by atoms with Gasteiger partial charge in [0.05, 0.1) is 12.5 Å². The Morgan fingerprint density at radius 1 is 0.885 bits per heavy atom. The summed E-state index contributed by atoms with van der Waals surface area (Å²) >= 11 is 0. The molecule has 0 heterocycles. The molecule has 0 aliphatic rings. The first-order chi connectivity index (χ1) is 12.3. The van der Waals surface area contributed by atoms with E-state index in [2.05, 4.69) is 48.7 Å². The molecule has 2 aromatic carbocycles. The van der Waals surface area contributed by atoms with Gasteiger partial charge in [0.2, 0.25) is 11.8 Å². The van der Waals surface area contributed by atoms with Gasteiger partial charge in [-0.1, -0.05) is 50.2 Å². The van der Waals surface area contributed by atoms with Crippen LogP contribution in [0.2, 0.25) is 0 Å². The quantitative estimate of drug-likeness (QED) is 0.782. The minimum Gasteiger partial charge on any atom is -0.349 e. The lowest BCUT2D eigenvalue weighted by Crippen LogP contribution is -2.28. The molecule has 0 fully saturated rings. The van der Waals surface area contributed by atoms with Crippen molar-refractivity contribution >= 4 is 17.5 Å². The van der Waals surface area contributed by atoms with Gasteiger partial charge < -0.3 is 10.6 Å². The van der Waals surface area contributed by atoms with E-state index in [-0.39, 0.29) is 17.9 Å². The Morgan fingerprint density at radius 2 is 1.46 bits per heavy atom. The third kappa shape index (κ3) is 6.36. The molecule has 1 atom stereocenters. The third-order valence-corrected chi connectivity index (χ3v) is 4.14. The molecule has 2 amide bonds. The van der Waals surface area contributed by atoms with E-state index < -0.39 is 0 Å². The Hall–Kier alpha value is -2.62. The van der Waals surface area contributed by atoms with Gasteiger partial charge in [0.1, 0.15) is 0 Å². The number of hydrogen-bond donors (Lipinski definition) is 2. The van der Waals surface area contributed by atoms with Crippen LogP contribution in [0.5, 0.6) is 0 Å². The fourth-order valence-corrected chi connectivity index (χ4v) is 2.88. The molecule has 26 heavy (non-hydrogen) atoms. The predicted octanol–water partition coefficient (Wildman–Crippen LogP) is 4.26. The zero-order valence-corrected chi connectivity index (χ0v) is 16.0. The zero-order valence-electron chi connectivity index (χ0n) is 16.0. The molecule has 0 saturated carbocycles. The van der Waals surface area contributed by atoms with Gasteiger partial charge in [0.15, 0.2) is 0 Å². The fraction of sp³-hybridized carbons (Fsp3) is 0.364. The Kier molecular flexibility index (Phi) is 6.96. The number of hydrogen-bond acceptors (Lipinski definition) is 2. The van der Waals surface area contributed by atoms with Crippen LogP contribution >= 0.6 is 0 Å². The number of carbonyl (C=O) groups excluding carboxylic acids is 2. The number of nitrogens with one attached hydrogen (secondary N) is 2. The molecule has 2 rings (SSSR count). The van der Waals surface area contributed by atoms with Crippen molar-refractivity contribution in [3.63, 3.8) is 0 Å². The summed E-state index contributed by atoms with van der Waals surface area (Å²) in [4.78, 5) is 23.3. The maximum atomic E-state index is 12.3. The highest BCUT2D eigenvalue weighted by Gasteiger charge is 2.10. The van der Waals surface area contributed by atoms with Gasteiger partial charge in [0, 0.05) is 12.6 Å². The lowest BCUT2D eigenvalue weighted by Gasteiger charge is -2.15. The van der Waals surface area contributed by atoms with Crippen LogP contribution in [0.3, 0.4) is 0 Å². The molecular formula is C22H28N2O2. The number of carbonyl (C=O) groups is 2. The molecule has 0 radical (unpaired) electrons. The molecular weight excluding hydrogens is 324 g/mol. The summed E-state index contributed by atoms with van der Waals surface area (Å²) in [5.41, 5.74) is 4.07. The second-order valence-electron chi connectivity index (χ2n) is 7.18. The van der Waals surface area contributed by atoms with E-state index in [1.165, 1.54) is 12.5 Å². The largest absolute Gasteiger partial charge is 0.349 e. The highest BCUT2D eigenvalue weighted by atomic mass is 16.2. The van der Waals surface area contributed by atoms with Crippen molar-refractivity contribution in [3.05, 3.63) is 65.2 Å². The average Bonchev–Trinajstić information content (AvgIpc) is 2.56. The summed E-state index contributed by atoms with van der Waals surface area (Å²) < 4.78 is 0. The van der Waals surface area contributed by atoms with E-state index in [9.17, 15) is 9.59 Å². The van der Waals surface area contributed by atoms with Crippen molar-refractivity contribution in [2.24, 2.45) is 5.92 Å². The number of anilines is 1. The number of amides is 2. The van der Waals surface area contributed by atoms with Gasteiger partial charge >= 0.3 is 0 Å². The van der Waals surface area contributed by atoms with E-state index in [1.807, 2.05) is 19.1 Å². The summed E-state index contributed by atoms with van der Waals surface area (Å²) in [6, 6.07) is 15.7. The van der Waals surface area contributed by atoms with Crippen molar-refractivity contribution in [2.75, 3.05) is 5.32 Å². The molecule has 2 aromatic rings. The van der Waals surface area contributed by atoms with Crippen LogP contribution in [-0.2, 0) is 22.4 Å². The van der Waals surface area contributed by atoms with Gasteiger partial charge in [-0.25, -0.2) is 0 Å². The van der Waals surface area contributed by atoms with Crippen LogP contribution < -0.4 is 10.6 Å². The standard InChI is InChI=1S/C22H28N2O2/c1-15(2)13-18-5-9-20(10-6-18)16(3)23-22(26)14-19-7-11-21(12-8-19)24-17(4)25/h5-12,15-16H,13-14H2,1-4H3,(H,23,26)(H,24,25)/t16-/m1/s1. The lowest BCUT2D eigenvalue weighted by atomic mass is 10.00. The topological polar surface area (TPSA) is 58.2 Å². The van der Waals surface area contributed by atoms with Crippen molar-refractivity contribution in [1.29, 1.82) is 0 Å². The van der Waals surface area contributed by atoms with E-state index in [0.29, 0.717) is 12.3 Å². The second-order valence-corrected chi connectivity index (χ2v) is 7.18. The van der Waals surface area contributed by atoms with Gasteiger partial charge in [-0.3, -0.25) is 9.59 Å². The molecule has 0 aliphatic carbocycles. The third-order valence-electron chi connectivity index (χ3n) is 4.14. The van der Waals surface area contributed by atoms with Crippen molar-refractivity contribution in [3.8, 4) is 0 Å². The van der Waals surface area contributed by atoms with Crippen LogP contribution in [-0.4, -0.2) is 11.8 Å². The Bertz CT molecular complexity index is 734. The van der Waals surface area contributed by atoms with Crippen molar-refractivity contribution in [1.82, 2.24) is 5.32 Å². The highest BCUT2D eigenvalue weighted by molar-refractivity contribution is 5.88. The van der Waals surface area contributed by atoms with E-state index in [1.54, 1.807) is 12.1 Å². The van der Waals surface area contributed by atoms with Crippen LogP contribution in [0.15, 0.2) is 48.5 Å². The van der Waals surface area contributed by atoms with Crippen LogP contribution in [0, 0.1) is 5.92 Å². The highest BCUT2D eigenvalue weighted by Crippen LogP contribution is 2.16. The van der Waals surface area contributed by atoms with Gasteiger partial charge in [-0.15, -0.1) is 0 Å². The average molecular weight is 352 g/mol. The fourth-order valence-electron chi connectivity index (χ4n) is 2.88. The zero-order chi connectivity index (χ0) is 19.1. The maximum absolute atomic E-state index is 12.3. The molecule has 138 valence electrons. The predicted molar refractivity (Wildman–Crippen MR) is 106 cm³/mol. The molecule has 0 bridgehead atoms. The van der Waals surface area contributed by atoms with Crippen LogP contribution in [0.1, 0.15) is 50.4 Å². The minimum absolute atomic E-state index is 0.0176. The Labute approximate surface area is 156 Å². The van der Waals surface area contributed by atoms with Crippen molar-refractivity contribution < 1.29 is 9.59 Å². The summed E-state index contributed by atoms with van der Waals surface area (Å²) in [5.74, 6) is 0.509. The van der Waals surface area contributed by atoms with Gasteiger partial charge in [-0.05, 0) is 48.1 Å². The second kappa shape index (κ2) is 9.18. The number of benzene rings is 2. The van der Waals surface area contributed by atoms with E-state index in [4.69, 9.17) is 0 Å². The normalized spacial score (nSPS) is 11.9. The maximum Gasteiger partial charge on any atom is 0.224 e. The Morgan fingerprint density at radius 3 is 2.00 bits per heavy atom. The van der Waals surface area contributed by atoms with Gasteiger partial charge in [-0.2, -0.15) is 0 Å². The summed E-state index contributed by atoms with van der Waals surface area (Å²) in [7, 11) is 0. The van der Waals surface area contributed by atoms with Crippen molar-refractivity contribution in [2.45, 2.75) is 46.6 Å².